The van der Waals surface area contributed by atoms with E-state index in [0.29, 0.717) is 12.8 Å². The van der Waals surface area contributed by atoms with Crippen molar-refractivity contribution in [2.24, 2.45) is 0 Å². The summed E-state index contributed by atoms with van der Waals surface area (Å²) in [5, 5.41) is 9.68. The molecule has 0 spiro atoms. The highest BCUT2D eigenvalue weighted by Gasteiger charge is 2.16. The topological polar surface area (TPSA) is 72.8 Å². The second-order valence-electron chi connectivity index (χ2n) is 22.5. The van der Waals surface area contributed by atoms with Crippen molar-refractivity contribution in [2.45, 2.75) is 367 Å². The van der Waals surface area contributed by atoms with Gasteiger partial charge in [0.2, 0.25) is 0 Å². The Morgan fingerprint density at radius 2 is 0.581 bits per heavy atom. The molecule has 5 heteroatoms. The van der Waals surface area contributed by atoms with Crippen LogP contribution in [0.25, 0.3) is 0 Å². The van der Waals surface area contributed by atoms with Crippen molar-refractivity contribution in [1.82, 2.24) is 0 Å². The molecule has 0 saturated carbocycles. The lowest BCUT2D eigenvalue weighted by Gasteiger charge is -2.15. The van der Waals surface area contributed by atoms with Crippen LogP contribution in [0.4, 0.5) is 0 Å². The summed E-state index contributed by atoms with van der Waals surface area (Å²) in [6, 6.07) is 0. The molecule has 0 amide bonds. The van der Waals surface area contributed by atoms with Gasteiger partial charge in [0.15, 0.2) is 6.10 Å². The van der Waals surface area contributed by atoms with Crippen LogP contribution in [-0.2, 0) is 19.1 Å². The molecule has 0 aliphatic rings. The normalized spacial score (nSPS) is 12.4. The van der Waals surface area contributed by atoms with Crippen molar-refractivity contribution in [3.8, 4) is 0 Å². The van der Waals surface area contributed by atoms with Crippen LogP contribution in [0.3, 0.4) is 0 Å². The molecule has 0 fully saturated rings. The molecule has 0 aliphatic carbocycles. The average Bonchev–Trinajstić information content (AvgIpc) is 3.40. The minimum atomic E-state index is -0.768. The third kappa shape index (κ3) is 62.4. The Morgan fingerprint density at radius 1 is 0.324 bits per heavy atom. The summed E-state index contributed by atoms with van der Waals surface area (Å²) in [6.07, 6.45) is 87.1. The highest BCUT2D eigenvalue weighted by atomic mass is 16.6. The zero-order chi connectivity index (χ0) is 53.4. The molecule has 0 radical (unpaired) electrons. The second kappa shape index (κ2) is 65.1. The number of ether oxygens (including phenoxy) is 2. The summed E-state index contributed by atoms with van der Waals surface area (Å²) in [5.74, 6) is -0.566. The Hall–Kier alpha value is -2.14. The van der Waals surface area contributed by atoms with Gasteiger partial charge in [0.25, 0.3) is 0 Å². The minimum Gasteiger partial charge on any atom is -0.462 e. The van der Waals surface area contributed by atoms with Crippen LogP contribution in [0.15, 0.2) is 48.6 Å². The summed E-state index contributed by atoms with van der Waals surface area (Å²) in [6.45, 7) is 4.09. The molecular formula is C69H128O5. The first-order valence-corrected chi connectivity index (χ1v) is 33.2. The smallest absolute Gasteiger partial charge is 0.306 e. The number of rotatable bonds is 62. The lowest BCUT2D eigenvalue weighted by molar-refractivity contribution is -0.161. The fraction of sp³-hybridized carbons (Fsp3) is 0.855. The van der Waals surface area contributed by atoms with E-state index in [4.69, 9.17) is 9.47 Å². The second-order valence-corrected chi connectivity index (χ2v) is 22.5. The molecule has 0 aliphatic heterocycles. The number of hydrogen-bond acceptors (Lipinski definition) is 5. The summed E-state index contributed by atoms with van der Waals surface area (Å²) in [7, 11) is 0. The Kier molecular flexibility index (Phi) is 63.3. The molecule has 0 rings (SSSR count). The zero-order valence-electron chi connectivity index (χ0n) is 49.9. The van der Waals surface area contributed by atoms with E-state index < -0.39 is 6.10 Å². The van der Waals surface area contributed by atoms with Gasteiger partial charge in [-0.15, -0.1) is 0 Å². The number of carbonyl (C=O) groups is 2. The Balaban J connectivity index is 3.37. The van der Waals surface area contributed by atoms with Gasteiger partial charge in [-0.2, -0.15) is 0 Å². The van der Waals surface area contributed by atoms with E-state index in [1.807, 2.05) is 0 Å². The third-order valence-electron chi connectivity index (χ3n) is 15.1. The van der Waals surface area contributed by atoms with Crippen molar-refractivity contribution in [3.63, 3.8) is 0 Å². The van der Waals surface area contributed by atoms with Gasteiger partial charge in [-0.05, 0) is 51.4 Å². The van der Waals surface area contributed by atoms with Crippen LogP contribution in [0.5, 0.6) is 0 Å². The van der Waals surface area contributed by atoms with Crippen molar-refractivity contribution in [3.05, 3.63) is 48.6 Å². The molecule has 0 saturated heterocycles. The van der Waals surface area contributed by atoms with Gasteiger partial charge in [0.05, 0.1) is 6.61 Å². The molecule has 1 unspecified atom stereocenters. The van der Waals surface area contributed by atoms with E-state index in [1.165, 1.54) is 276 Å². The number of aliphatic hydroxyl groups is 1. The van der Waals surface area contributed by atoms with Crippen molar-refractivity contribution in [2.75, 3.05) is 13.2 Å². The van der Waals surface area contributed by atoms with Crippen molar-refractivity contribution >= 4 is 11.9 Å². The lowest BCUT2D eigenvalue weighted by Crippen LogP contribution is -2.28. The van der Waals surface area contributed by atoms with Crippen LogP contribution in [0, 0.1) is 0 Å². The van der Waals surface area contributed by atoms with Crippen LogP contribution in [0.2, 0.25) is 0 Å². The zero-order valence-corrected chi connectivity index (χ0v) is 49.9. The molecule has 434 valence electrons. The monoisotopic (exact) mass is 1040 g/mol. The SMILES string of the molecule is CC/C=C\C/C=C\C/C=C\C/C=C\CCCCCCCCCCCCCCCCCCCCCCCCCCCCC(=O)OC(CO)COC(=O)CCCCCCCCCCCCCCCCCCCCCCC. The molecule has 0 aromatic heterocycles. The number of unbranched alkanes of at least 4 members (excludes halogenated alkanes) is 46. The van der Waals surface area contributed by atoms with E-state index >= 15 is 0 Å². The lowest BCUT2D eigenvalue weighted by atomic mass is 10.0. The predicted octanol–water partition coefficient (Wildman–Crippen LogP) is 22.8. The van der Waals surface area contributed by atoms with Gasteiger partial charge >= 0.3 is 11.9 Å². The number of esters is 2. The summed E-state index contributed by atoms with van der Waals surface area (Å²) >= 11 is 0. The van der Waals surface area contributed by atoms with E-state index in [-0.39, 0.29) is 25.2 Å². The molecule has 1 N–H and O–H groups in total. The Bertz CT molecular complexity index is 1220. The van der Waals surface area contributed by atoms with E-state index in [0.717, 1.165) is 57.8 Å². The molecular weight excluding hydrogens is 909 g/mol. The Labute approximate surface area is 462 Å². The molecule has 1 atom stereocenters. The van der Waals surface area contributed by atoms with E-state index in [9.17, 15) is 14.7 Å². The first-order chi connectivity index (χ1) is 36.6. The summed E-state index contributed by atoms with van der Waals surface area (Å²) in [4.78, 5) is 24.6. The number of hydrogen-bond donors (Lipinski definition) is 1. The fourth-order valence-corrected chi connectivity index (χ4v) is 10.2. The average molecular weight is 1040 g/mol. The number of allylic oxidation sites excluding steroid dienone is 8. The molecule has 74 heavy (non-hydrogen) atoms. The van der Waals surface area contributed by atoms with Gasteiger partial charge in [-0.3, -0.25) is 9.59 Å². The van der Waals surface area contributed by atoms with Gasteiger partial charge in [-0.1, -0.05) is 345 Å². The summed E-state index contributed by atoms with van der Waals surface area (Å²) in [5.41, 5.74) is 0. The highest BCUT2D eigenvalue weighted by Crippen LogP contribution is 2.19. The molecule has 5 nitrogen and oxygen atoms in total. The minimum absolute atomic E-state index is 0.0583. The summed E-state index contributed by atoms with van der Waals surface area (Å²) < 4.78 is 10.7. The van der Waals surface area contributed by atoms with Gasteiger partial charge < -0.3 is 14.6 Å². The maximum Gasteiger partial charge on any atom is 0.306 e. The van der Waals surface area contributed by atoms with E-state index in [1.54, 1.807) is 0 Å². The quantitative estimate of drug-likeness (QED) is 0.0373. The standard InChI is InChI=1S/C69H128O5/c1-3-5-7-9-11-13-15-17-19-21-23-25-26-27-28-29-30-31-32-33-34-35-36-37-38-39-40-41-42-44-46-48-50-52-54-56-58-60-62-64-69(72)74-67(65-70)66-73-68(71)63-61-59-57-55-53-51-49-47-45-43-24-22-20-18-16-14-12-10-8-6-4-2/h5,7,11,13,17,19,23,25,67,70H,3-4,6,8-10,12,14-16,18,20-22,24,26-66H2,1-2H3/b7-5-,13-11-,19-17-,25-23-. The number of aliphatic hydroxyl groups excluding tert-OH is 1. The Morgan fingerprint density at radius 3 is 0.878 bits per heavy atom. The third-order valence-corrected chi connectivity index (χ3v) is 15.1. The highest BCUT2D eigenvalue weighted by molar-refractivity contribution is 5.70. The predicted molar refractivity (Wildman–Crippen MR) is 325 cm³/mol. The fourth-order valence-electron chi connectivity index (χ4n) is 10.2. The van der Waals surface area contributed by atoms with Crippen LogP contribution < -0.4 is 0 Å². The molecule has 0 heterocycles. The molecule has 0 bridgehead atoms. The molecule has 0 aromatic carbocycles. The number of carbonyl (C=O) groups excluding carboxylic acids is 2. The molecule has 0 aromatic rings. The largest absolute Gasteiger partial charge is 0.462 e. The van der Waals surface area contributed by atoms with Crippen LogP contribution in [0.1, 0.15) is 361 Å². The van der Waals surface area contributed by atoms with Gasteiger partial charge in [0, 0.05) is 12.8 Å². The first kappa shape index (κ1) is 71.9. The van der Waals surface area contributed by atoms with Crippen LogP contribution in [-0.4, -0.2) is 36.4 Å². The van der Waals surface area contributed by atoms with Gasteiger partial charge in [-0.25, -0.2) is 0 Å². The van der Waals surface area contributed by atoms with Crippen LogP contribution >= 0.6 is 0 Å². The van der Waals surface area contributed by atoms with E-state index in [2.05, 4.69) is 62.5 Å². The maximum atomic E-state index is 12.3. The van der Waals surface area contributed by atoms with Crippen molar-refractivity contribution in [1.29, 1.82) is 0 Å². The van der Waals surface area contributed by atoms with Gasteiger partial charge in [0.1, 0.15) is 6.61 Å². The first-order valence-electron chi connectivity index (χ1n) is 33.2. The van der Waals surface area contributed by atoms with Crippen molar-refractivity contribution < 1.29 is 24.2 Å². The maximum absolute atomic E-state index is 12.3.